The van der Waals surface area contributed by atoms with Gasteiger partial charge in [0.15, 0.2) is 5.66 Å². The summed E-state index contributed by atoms with van der Waals surface area (Å²) >= 11 is 1.57. The van der Waals surface area contributed by atoms with Crippen LogP contribution >= 0.6 is 11.3 Å². The van der Waals surface area contributed by atoms with E-state index in [1.54, 1.807) is 39.5 Å². The molecule has 1 fully saturated rings. The summed E-state index contributed by atoms with van der Waals surface area (Å²) in [6.07, 6.45) is 2.39. The second kappa shape index (κ2) is 6.37. The van der Waals surface area contributed by atoms with Gasteiger partial charge in [0, 0.05) is 36.7 Å². The van der Waals surface area contributed by atoms with Crippen LogP contribution in [0.15, 0.2) is 58.0 Å². The van der Waals surface area contributed by atoms with E-state index in [0.717, 1.165) is 21.4 Å². The van der Waals surface area contributed by atoms with Crippen LogP contribution in [0.25, 0.3) is 10.2 Å². The van der Waals surface area contributed by atoms with E-state index in [0.29, 0.717) is 37.4 Å². The Morgan fingerprint density at radius 3 is 2.74 bits per heavy atom. The molecule has 0 radical (unpaired) electrons. The van der Waals surface area contributed by atoms with Gasteiger partial charge < -0.3 is 14.4 Å². The average molecular weight is 434 g/mol. The van der Waals surface area contributed by atoms with Crippen LogP contribution in [0.5, 0.6) is 0 Å². The largest absolute Gasteiger partial charge is 0.324 e. The van der Waals surface area contributed by atoms with E-state index in [9.17, 15) is 14.0 Å². The molecule has 156 valence electrons. The maximum Gasteiger partial charge on any atom is 0.274 e. The molecule has 0 saturated carbocycles. The third kappa shape index (κ3) is 2.39. The van der Waals surface area contributed by atoms with Crippen molar-refractivity contribution >= 4 is 39.6 Å². The molecule has 3 aliphatic rings. The van der Waals surface area contributed by atoms with Crippen molar-refractivity contribution in [1.29, 1.82) is 0 Å². The molecule has 1 aromatic carbocycles. The van der Waals surface area contributed by atoms with E-state index >= 15 is 0 Å². The summed E-state index contributed by atoms with van der Waals surface area (Å²) in [6.45, 7) is 3.11. The monoisotopic (exact) mass is 434 g/mol. The standard InChI is InChI=1S/C23H19FN4O2S/c1-14-6-8-25-19(14)21(30)28-10-9-27-20(29)18-12-15-7-11-31-22(15)26(18)13-23(27,28)16-2-4-17(24)5-3-16/h2-5,7-8,11-12H,6,9-10,13H2,1H3. The highest BCUT2D eigenvalue weighted by Crippen LogP contribution is 2.45. The number of aliphatic imine (C=N–C) groups is 1. The molecule has 1 unspecified atom stereocenters. The zero-order chi connectivity index (χ0) is 21.3. The van der Waals surface area contributed by atoms with Crippen LogP contribution in [0.2, 0.25) is 0 Å². The van der Waals surface area contributed by atoms with Gasteiger partial charge in [-0.25, -0.2) is 4.39 Å². The van der Waals surface area contributed by atoms with Crippen molar-refractivity contribution in [3.8, 4) is 0 Å². The van der Waals surface area contributed by atoms with Gasteiger partial charge in [0.25, 0.3) is 11.8 Å². The number of allylic oxidation sites excluding steroid dienone is 1. The zero-order valence-corrected chi connectivity index (χ0v) is 17.7. The van der Waals surface area contributed by atoms with Crippen LogP contribution in [0.4, 0.5) is 4.39 Å². The molecule has 6 rings (SSSR count). The van der Waals surface area contributed by atoms with E-state index < -0.39 is 5.66 Å². The van der Waals surface area contributed by atoms with Gasteiger partial charge in [-0.2, -0.15) is 0 Å². The first-order valence-electron chi connectivity index (χ1n) is 10.2. The molecule has 2 amide bonds. The number of hydrogen-bond acceptors (Lipinski definition) is 4. The molecule has 2 aromatic heterocycles. The van der Waals surface area contributed by atoms with E-state index in [2.05, 4.69) is 4.99 Å². The van der Waals surface area contributed by atoms with Crippen LogP contribution in [0.3, 0.4) is 0 Å². The van der Waals surface area contributed by atoms with Crippen molar-refractivity contribution < 1.29 is 14.0 Å². The van der Waals surface area contributed by atoms with Gasteiger partial charge in [0.1, 0.15) is 22.0 Å². The molecule has 1 atom stereocenters. The molecule has 3 aliphatic heterocycles. The third-order valence-corrected chi connectivity index (χ3v) is 7.51. The summed E-state index contributed by atoms with van der Waals surface area (Å²) < 4.78 is 15.8. The van der Waals surface area contributed by atoms with Crippen LogP contribution < -0.4 is 0 Å². The highest BCUT2D eigenvalue weighted by Gasteiger charge is 2.57. The molecule has 0 bridgehead atoms. The number of amides is 2. The molecule has 5 heterocycles. The van der Waals surface area contributed by atoms with Gasteiger partial charge in [0.2, 0.25) is 0 Å². The van der Waals surface area contributed by atoms with Crippen molar-refractivity contribution in [2.45, 2.75) is 25.6 Å². The van der Waals surface area contributed by atoms with Gasteiger partial charge in [-0.3, -0.25) is 14.6 Å². The minimum atomic E-state index is -1.03. The Hall–Kier alpha value is -3.26. The van der Waals surface area contributed by atoms with Crippen molar-refractivity contribution in [3.05, 3.63) is 70.1 Å². The topological polar surface area (TPSA) is 57.9 Å². The summed E-state index contributed by atoms with van der Waals surface area (Å²) in [5.41, 5.74) is 1.67. The maximum atomic E-state index is 13.8. The first-order valence-corrected chi connectivity index (χ1v) is 11.1. The van der Waals surface area contributed by atoms with E-state index in [1.807, 2.05) is 29.0 Å². The van der Waals surface area contributed by atoms with Crippen LogP contribution in [0.1, 0.15) is 29.4 Å². The van der Waals surface area contributed by atoms with Crippen molar-refractivity contribution in [2.75, 3.05) is 13.1 Å². The van der Waals surface area contributed by atoms with Crippen LogP contribution in [-0.2, 0) is 17.0 Å². The molecule has 0 aliphatic carbocycles. The van der Waals surface area contributed by atoms with Crippen molar-refractivity contribution in [2.24, 2.45) is 4.99 Å². The van der Waals surface area contributed by atoms with Gasteiger partial charge in [-0.05, 0) is 42.1 Å². The number of fused-ring (bicyclic) bond motifs is 4. The normalized spacial score (nSPS) is 22.6. The van der Waals surface area contributed by atoms with Gasteiger partial charge in [-0.1, -0.05) is 12.1 Å². The minimum Gasteiger partial charge on any atom is -0.324 e. The molecular formula is C23H19FN4O2S. The summed E-state index contributed by atoms with van der Waals surface area (Å²) in [4.78, 5) is 36.1. The number of benzene rings is 1. The Labute approximate surface area is 181 Å². The molecule has 3 aromatic rings. The number of carbonyl (C=O) groups excluding carboxylic acids is 2. The van der Waals surface area contributed by atoms with Crippen molar-refractivity contribution in [1.82, 2.24) is 14.4 Å². The summed E-state index contributed by atoms with van der Waals surface area (Å²) in [5.74, 6) is -0.662. The first kappa shape index (κ1) is 18.5. The lowest BCUT2D eigenvalue weighted by atomic mass is 9.93. The number of hydrogen-bond donors (Lipinski definition) is 0. The molecule has 31 heavy (non-hydrogen) atoms. The quantitative estimate of drug-likeness (QED) is 0.617. The minimum absolute atomic E-state index is 0.116. The van der Waals surface area contributed by atoms with E-state index in [1.165, 1.54) is 12.1 Å². The highest BCUT2D eigenvalue weighted by atomic mass is 32.1. The number of rotatable bonds is 2. The second-order valence-corrected chi connectivity index (χ2v) is 9.07. The summed E-state index contributed by atoms with van der Waals surface area (Å²) in [6, 6.07) is 10.1. The lowest BCUT2D eigenvalue weighted by Gasteiger charge is -2.47. The Balaban J connectivity index is 1.58. The van der Waals surface area contributed by atoms with Crippen LogP contribution in [-0.4, -0.2) is 45.5 Å². The van der Waals surface area contributed by atoms with Gasteiger partial charge in [0.05, 0.1) is 6.54 Å². The number of carbonyl (C=O) groups is 2. The van der Waals surface area contributed by atoms with Crippen LogP contribution in [0, 0.1) is 5.82 Å². The maximum absolute atomic E-state index is 13.8. The number of thiophene rings is 1. The van der Waals surface area contributed by atoms with Crippen molar-refractivity contribution in [3.63, 3.8) is 0 Å². The Kier molecular flexibility index (Phi) is 3.80. The lowest BCUT2D eigenvalue weighted by Crippen LogP contribution is -2.60. The summed E-state index contributed by atoms with van der Waals surface area (Å²) in [5, 5.41) is 3.01. The fourth-order valence-corrected chi connectivity index (χ4v) is 5.96. The molecular weight excluding hydrogens is 415 g/mol. The number of nitrogens with zero attached hydrogens (tertiary/aromatic N) is 4. The molecule has 6 nitrogen and oxygen atoms in total. The SMILES string of the molecule is CC1=C(C(=O)N2CCN3C(=O)c4cc5ccsc5n4CC23c2ccc(F)cc2)N=CC1. The first-order chi connectivity index (χ1) is 15.0. The zero-order valence-electron chi connectivity index (χ0n) is 16.8. The van der Waals surface area contributed by atoms with Gasteiger partial charge in [-0.15, -0.1) is 11.3 Å². The second-order valence-electron chi connectivity index (χ2n) is 8.18. The average Bonchev–Trinajstić information content (AvgIpc) is 3.52. The Morgan fingerprint density at radius 2 is 2.00 bits per heavy atom. The molecule has 1 saturated heterocycles. The van der Waals surface area contributed by atoms with E-state index in [-0.39, 0.29) is 17.6 Å². The lowest BCUT2D eigenvalue weighted by molar-refractivity contribution is -0.136. The van der Waals surface area contributed by atoms with E-state index in [4.69, 9.17) is 0 Å². The predicted molar refractivity (Wildman–Crippen MR) is 116 cm³/mol. The third-order valence-electron chi connectivity index (χ3n) is 6.56. The highest BCUT2D eigenvalue weighted by molar-refractivity contribution is 7.16. The summed E-state index contributed by atoms with van der Waals surface area (Å²) in [7, 11) is 0. The predicted octanol–water partition coefficient (Wildman–Crippen LogP) is 3.74. The van der Waals surface area contributed by atoms with Gasteiger partial charge >= 0.3 is 0 Å². The fraction of sp³-hybridized carbons (Fsp3) is 0.261. The molecule has 0 spiro atoms. The molecule has 0 N–H and O–H groups in total. The smallest absolute Gasteiger partial charge is 0.274 e. The number of aromatic nitrogens is 1. The Bertz CT molecular complexity index is 1320. The molecule has 8 heteroatoms. The number of halogens is 1. The Morgan fingerprint density at radius 1 is 1.19 bits per heavy atom. The fourth-order valence-electron chi connectivity index (χ4n) is 5.06.